The van der Waals surface area contributed by atoms with Gasteiger partial charge in [-0.05, 0) is 42.7 Å². The maximum absolute atomic E-state index is 13.5. The predicted octanol–water partition coefficient (Wildman–Crippen LogP) is 4.14. The Hall–Kier alpha value is -2.72. The van der Waals surface area contributed by atoms with Crippen LogP contribution in [0.25, 0.3) is 10.9 Å². The second kappa shape index (κ2) is 9.14. The molecule has 0 saturated carbocycles. The molecule has 0 bridgehead atoms. The molecule has 3 aromatic rings. The molecule has 1 N–H and O–H groups in total. The quantitative estimate of drug-likeness (QED) is 0.519. The molecule has 0 radical (unpaired) electrons. The van der Waals surface area contributed by atoms with Gasteiger partial charge in [-0.3, -0.25) is 24.3 Å². The number of hydrogen-bond donors (Lipinski definition) is 1. The van der Waals surface area contributed by atoms with E-state index in [4.69, 9.17) is 4.74 Å². The number of nitrogens with zero attached hydrogens (tertiary/aromatic N) is 4. The molecule has 4 heterocycles. The van der Waals surface area contributed by atoms with E-state index in [0.29, 0.717) is 31.0 Å². The highest BCUT2D eigenvalue weighted by Gasteiger charge is 2.41. The lowest BCUT2D eigenvalue weighted by atomic mass is 9.85. The smallest absolute Gasteiger partial charge is 0.401 e. The van der Waals surface area contributed by atoms with Crippen LogP contribution < -0.4 is 4.74 Å². The molecule has 1 aromatic carbocycles. The van der Waals surface area contributed by atoms with Gasteiger partial charge in [-0.25, -0.2) is 0 Å². The molecular weight excluding hydrogens is 450 g/mol. The molecule has 0 aliphatic carbocycles. The number of nitrogens with one attached hydrogen (secondary N) is 1. The van der Waals surface area contributed by atoms with E-state index in [1.54, 1.807) is 24.5 Å². The zero-order chi connectivity index (χ0) is 23.9. The SMILES string of the molecule is C[C@@H]1Cc2c(ccc3[nH]ncc23)[C@H](c2ccc(OCCN3CC(CF)C3)cn2)N1CC(F)(F)F. The Morgan fingerprint density at radius 1 is 1.15 bits per heavy atom. The van der Waals surface area contributed by atoms with E-state index < -0.39 is 18.8 Å². The van der Waals surface area contributed by atoms with E-state index in [1.807, 2.05) is 19.1 Å². The minimum absolute atomic E-state index is 0.129. The van der Waals surface area contributed by atoms with Crippen LogP contribution in [0, 0.1) is 5.92 Å². The summed E-state index contributed by atoms with van der Waals surface area (Å²) in [5, 5.41) is 7.98. The van der Waals surface area contributed by atoms with Crippen LogP contribution in [0.15, 0.2) is 36.7 Å². The van der Waals surface area contributed by atoms with Gasteiger partial charge in [-0.15, -0.1) is 0 Å². The van der Waals surface area contributed by atoms with Crippen molar-refractivity contribution in [3.8, 4) is 5.75 Å². The average molecular weight is 478 g/mol. The molecule has 0 unspecified atom stereocenters. The molecule has 0 amide bonds. The Labute approximate surface area is 194 Å². The van der Waals surface area contributed by atoms with Crippen LogP contribution in [-0.4, -0.2) is 76.7 Å². The maximum atomic E-state index is 13.5. The lowest BCUT2D eigenvalue weighted by molar-refractivity contribution is -0.155. The first-order valence-corrected chi connectivity index (χ1v) is 11.5. The molecule has 2 atom stereocenters. The van der Waals surface area contributed by atoms with E-state index in [0.717, 1.165) is 35.1 Å². The van der Waals surface area contributed by atoms with E-state index in [2.05, 4.69) is 20.1 Å². The summed E-state index contributed by atoms with van der Waals surface area (Å²) in [7, 11) is 0. The molecule has 182 valence electrons. The fourth-order valence-corrected chi connectivity index (χ4v) is 5.09. The molecule has 1 fully saturated rings. The van der Waals surface area contributed by atoms with Gasteiger partial charge in [0.1, 0.15) is 12.4 Å². The predicted molar refractivity (Wildman–Crippen MR) is 120 cm³/mol. The average Bonchev–Trinajstić information content (AvgIpc) is 3.25. The summed E-state index contributed by atoms with van der Waals surface area (Å²) in [4.78, 5) is 8.12. The van der Waals surface area contributed by atoms with Crippen LogP contribution in [-0.2, 0) is 6.42 Å². The van der Waals surface area contributed by atoms with Crippen molar-refractivity contribution >= 4 is 10.9 Å². The van der Waals surface area contributed by atoms with Gasteiger partial charge < -0.3 is 4.74 Å². The number of aromatic nitrogens is 3. The molecule has 10 heteroatoms. The Bertz CT molecular complexity index is 1130. The minimum atomic E-state index is -4.33. The van der Waals surface area contributed by atoms with E-state index in [1.165, 1.54) is 4.90 Å². The third-order valence-corrected chi connectivity index (χ3v) is 6.79. The van der Waals surface area contributed by atoms with Gasteiger partial charge in [0.05, 0.1) is 42.9 Å². The first kappa shape index (κ1) is 23.0. The summed E-state index contributed by atoms with van der Waals surface area (Å²) in [6.45, 7) is 3.15. The first-order chi connectivity index (χ1) is 16.3. The second-order valence-electron chi connectivity index (χ2n) is 9.25. The molecule has 1 saturated heterocycles. The summed E-state index contributed by atoms with van der Waals surface area (Å²) in [6, 6.07) is 6.27. The van der Waals surface area contributed by atoms with Crippen LogP contribution in [0.5, 0.6) is 5.75 Å². The number of benzene rings is 1. The van der Waals surface area contributed by atoms with Crippen LogP contribution in [0.2, 0.25) is 0 Å². The number of alkyl halides is 4. The largest absolute Gasteiger partial charge is 0.491 e. The summed E-state index contributed by atoms with van der Waals surface area (Å²) < 4.78 is 58.8. The fraction of sp³-hybridized carbons (Fsp3) is 0.500. The molecular formula is C24H27F4N5O. The van der Waals surface area contributed by atoms with E-state index in [-0.39, 0.29) is 18.6 Å². The number of pyridine rings is 1. The van der Waals surface area contributed by atoms with Crippen molar-refractivity contribution in [1.29, 1.82) is 0 Å². The van der Waals surface area contributed by atoms with Gasteiger partial charge in [-0.2, -0.15) is 18.3 Å². The number of ether oxygens (including phenoxy) is 1. The molecule has 0 spiro atoms. The van der Waals surface area contributed by atoms with Crippen molar-refractivity contribution in [3.05, 3.63) is 53.5 Å². The van der Waals surface area contributed by atoms with Gasteiger partial charge in [-0.1, -0.05) is 6.07 Å². The fourth-order valence-electron chi connectivity index (χ4n) is 5.09. The monoisotopic (exact) mass is 477 g/mol. The maximum Gasteiger partial charge on any atom is 0.401 e. The topological polar surface area (TPSA) is 57.3 Å². The molecule has 34 heavy (non-hydrogen) atoms. The second-order valence-corrected chi connectivity index (χ2v) is 9.25. The Morgan fingerprint density at radius 3 is 2.68 bits per heavy atom. The lowest BCUT2D eigenvalue weighted by Crippen LogP contribution is -2.49. The molecule has 2 aliphatic heterocycles. The summed E-state index contributed by atoms with van der Waals surface area (Å²) in [6.07, 6.45) is -0.531. The highest BCUT2D eigenvalue weighted by Crippen LogP contribution is 2.41. The Morgan fingerprint density at radius 2 is 1.97 bits per heavy atom. The summed E-state index contributed by atoms with van der Waals surface area (Å²) in [5.41, 5.74) is 3.23. The van der Waals surface area contributed by atoms with Crippen LogP contribution in [0.1, 0.15) is 29.8 Å². The van der Waals surface area contributed by atoms with Crippen LogP contribution in [0.4, 0.5) is 17.6 Å². The number of aromatic amines is 1. The third kappa shape index (κ3) is 4.61. The standard InChI is InChI=1S/C24H27F4N5O/c1-15-8-19-18(3-5-21-20(19)11-30-31-21)23(33(15)14-24(26,27)28)22-4-2-17(10-29-22)34-7-6-32-12-16(9-25)13-32/h2-5,10-11,15-16,23H,6-9,12-14H2,1H3,(H,30,31)/t15-,23-/m1/s1. The summed E-state index contributed by atoms with van der Waals surface area (Å²) in [5.74, 6) is 0.688. The van der Waals surface area contributed by atoms with Crippen molar-refractivity contribution in [3.63, 3.8) is 0 Å². The molecule has 5 rings (SSSR count). The molecule has 6 nitrogen and oxygen atoms in total. The highest BCUT2D eigenvalue weighted by atomic mass is 19.4. The van der Waals surface area contributed by atoms with E-state index >= 15 is 0 Å². The highest BCUT2D eigenvalue weighted by molar-refractivity contribution is 5.83. The molecule has 2 aliphatic rings. The lowest BCUT2D eigenvalue weighted by Gasteiger charge is -2.42. The van der Waals surface area contributed by atoms with Gasteiger partial charge in [0.2, 0.25) is 0 Å². The van der Waals surface area contributed by atoms with Crippen molar-refractivity contribution < 1.29 is 22.3 Å². The van der Waals surface area contributed by atoms with Crippen LogP contribution >= 0.6 is 0 Å². The van der Waals surface area contributed by atoms with Crippen molar-refractivity contribution in [2.24, 2.45) is 5.92 Å². The number of halogens is 4. The summed E-state index contributed by atoms with van der Waals surface area (Å²) >= 11 is 0. The zero-order valence-corrected chi connectivity index (χ0v) is 18.9. The number of likely N-dealkylation sites (tertiary alicyclic amines) is 1. The van der Waals surface area contributed by atoms with Crippen molar-refractivity contribution in [2.45, 2.75) is 31.6 Å². The number of hydrogen-bond acceptors (Lipinski definition) is 5. The van der Waals surface area contributed by atoms with Gasteiger partial charge in [0.25, 0.3) is 0 Å². The number of rotatable bonds is 7. The first-order valence-electron chi connectivity index (χ1n) is 11.5. The van der Waals surface area contributed by atoms with Crippen molar-refractivity contribution in [2.75, 3.05) is 39.5 Å². The number of fused-ring (bicyclic) bond motifs is 3. The van der Waals surface area contributed by atoms with Gasteiger partial charge >= 0.3 is 6.18 Å². The number of H-pyrrole nitrogens is 1. The van der Waals surface area contributed by atoms with E-state index in [9.17, 15) is 17.6 Å². The van der Waals surface area contributed by atoms with Gasteiger partial charge in [0.15, 0.2) is 0 Å². The van der Waals surface area contributed by atoms with Crippen LogP contribution in [0.3, 0.4) is 0 Å². The minimum Gasteiger partial charge on any atom is -0.491 e. The zero-order valence-electron chi connectivity index (χ0n) is 18.9. The Balaban J connectivity index is 1.38. The van der Waals surface area contributed by atoms with Crippen molar-refractivity contribution in [1.82, 2.24) is 25.0 Å². The van der Waals surface area contributed by atoms with Gasteiger partial charge in [0, 0.05) is 37.0 Å². The third-order valence-electron chi connectivity index (χ3n) is 6.79. The molecule has 2 aromatic heterocycles. The normalized spacial score (nSPS) is 22.0. The Kier molecular flexibility index (Phi) is 6.20.